The van der Waals surface area contributed by atoms with E-state index < -0.39 is 11.7 Å². The van der Waals surface area contributed by atoms with Gasteiger partial charge in [-0.2, -0.15) is 18.4 Å². The molecule has 28 heavy (non-hydrogen) atoms. The third-order valence-corrected chi connectivity index (χ3v) is 5.16. The molecule has 0 saturated carbocycles. The minimum absolute atomic E-state index is 0.0910. The number of aryl methyl sites for hydroxylation is 1. The predicted octanol–water partition coefficient (Wildman–Crippen LogP) is 4.78. The predicted molar refractivity (Wildman–Crippen MR) is 103 cm³/mol. The number of nitrogens with zero attached hydrogens (tertiary/aromatic N) is 4. The molecule has 1 aromatic heterocycles. The van der Waals surface area contributed by atoms with Crippen LogP contribution in [0, 0.1) is 18.3 Å². The molecular formula is C21H23F3N4. The van der Waals surface area contributed by atoms with Gasteiger partial charge in [0.2, 0.25) is 0 Å². The normalized spacial score (nSPS) is 17.3. The summed E-state index contributed by atoms with van der Waals surface area (Å²) in [6.07, 6.45) is 0.947. The molecule has 148 valence electrons. The Balaban J connectivity index is 1.88. The van der Waals surface area contributed by atoms with Gasteiger partial charge in [-0.25, -0.2) is 0 Å². The summed E-state index contributed by atoms with van der Waals surface area (Å²) in [7, 11) is 0. The molecule has 1 fully saturated rings. The molecule has 1 atom stereocenters. The van der Waals surface area contributed by atoms with E-state index in [1.165, 1.54) is 6.07 Å². The molecule has 0 radical (unpaired) electrons. The summed E-state index contributed by atoms with van der Waals surface area (Å²) in [5, 5.41) is 9.02. The van der Waals surface area contributed by atoms with Gasteiger partial charge in [-0.1, -0.05) is 0 Å². The molecule has 1 aromatic carbocycles. The van der Waals surface area contributed by atoms with Crippen LogP contribution in [0.5, 0.6) is 0 Å². The Kier molecular flexibility index (Phi) is 5.78. The highest BCUT2D eigenvalue weighted by Gasteiger charge is 2.35. The minimum Gasteiger partial charge on any atom is -0.368 e. The number of alkyl halides is 3. The van der Waals surface area contributed by atoms with Gasteiger partial charge in [0, 0.05) is 37.6 Å². The number of hydrogen-bond acceptors (Lipinski definition) is 4. The number of likely N-dealkylation sites (N-methyl/N-ethyl adjacent to an activating group) is 1. The Bertz CT molecular complexity index is 873. The van der Waals surface area contributed by atoms with Gasteiger partial charge in [-0.3, -0.25) is 4.98 Å². The van der Waals surface area contributed by atoms with Gasteiger partial charge in [0.25, 0.3) is 0 Å². The standard InChI is InChI=1S/C21H23F3N4/c1-3-28(17-7-6-16(11-25)20(10-17)21(22,23)24)18-5-4-8-27(14-18)19-9-15(2)12-26-13-19/h6-7,9-10,12-13,18H,3-5,8,14H2,1-2H3/t18-/m1/s1. The minimum atomic E-state index is -4.55. The summed E-state index contributed by atoms with van der Waals surface area (Å²) in [4.78, 5) is 8.50. The van der Waals surface area contributed by atoms with Crippen molar-refractivity contribution in [1.82, 2.24) is 4.98 Å². The Labute approximate surface area is 163 Å². The summed E-state index contributed by atoms with van der Waals surface area (Å²) < 4.78 is 40.1. The largest absolute Gasteiger partial charge is 0.417 e. The third-order valence-electron chi connectivity index (χ3n) is 5.16. The first-order valence-electron chi connectivity index (χ1n) is 9.38. The van der Waals surface area contributed by atoms with Crippen LogP contribution in [0.3, 0.4) is 0 Å². The van der Waals surface area contributed by atoms with Crippen LogP contribution in [0.2, 0.25) is 0 Å². The second kappa shape index (κ2) is 8.09. The Hall–Kier alpha value is -2.75. The lowest BCUT2D eigenvalue weighted by Gasteiger charge is -2.41. The Morgan fingerprint density at radius 3 is 2.71 bits per heavy atom. The van der Waals surface area contributed by atoms with Crippen LogP contribution in [0.4, 0.5) is 24.5 Å². The van der Waals surface area contributed by atoms with Crippen molar-refractivity contribution in [3.05, 3.63) is 53.3 Å². The molecule has 0 bridgehead atoms. The molecule has 7 heteroatoms. The fourth-order valence-electron chi connectivity index (χ4n) is 3.85. The van der Waals surface area contributed by atoms with E-state index in [2.05, 4.69) is 16.0 Å². The fourth-order valence-corrected chi connectivity index (χ4v) is 3.85. The molecule has 1 aliphatic heterocycles. The third kappa shape index (κ3) is 4.22. The van der Waals surface area contributed by atoms with Crippen LogP contribution in [0.15, 0.2) is 36.7 Å². The maximum absolute atomic E-state index is 13.4. The van der Waals surface area contributed by atoms with E-state index in [0.717, 1.165) is 43.2 Å². The lowest BCUT2D eigenvalue weighted by molar-refractivity contribution is -0.137. The van der Waals surface area contributed by atoms with Crippen molar-refractivity contribution in [2.24, 2.45) is 0 Å². The van der Waals surface area contributed by atoms with E-state index in [9.17, 15) is 13.2 Å². The summed E-state index contributed by atoms with van der Waals surface area (Å²) in [5.74, 6) is 0. The van der Waals surface area contributed by atoms with Crippen LogP contribution in [-0.4, -0.2) is 30.7 Å². The number of benzene rings is 1. The van der Waals surface area contributed by atoms with Crippen molar-refractivity contribution in [3.63, 3.8) is 0 Å². The lowest BCUT2D eigenvalue weighted by Crippen LogP contribution is -2.48. The van der Waals surface area contributed by atoms with Gasteiger partial charge in [0.05, 0.1) is 29.1 Å². The molecule has 2 aromatic rings. The topological polar surface area (TPSA) is 43.2 Å². The van der Waals surface area contributed by atoms with Crippen LogP contribution >= 0.6 is 0 Å². The molecule has 0 spiro atoms. The highest BCUT2D eigenvalue weighted by atomic mass is 19.4. The van der Waals surface area contributed by atoms with Crippen LogP contribution < -0.4 is 9.80 Å². The van der Waals surface area contributed by atoms with E-state index in [-0.39, 0.29) is 11.6 Å². The molecule has 2 heterocycles. The van der Waals surface area contributed by atoms with Crippen LogP contribution in [0.25, 0.3) is 0 Å². The zero-order valence-corrected chi connectivity index (χ0v) is 16.0. The lowest BCUT2D eigenvalue weighted by atomic mass is 10.0. The average Bonchev–Trinajstić information content (AvgIpc) is 2.68. The number of anilines is 2. The zero-order chi connectivity index (χ0) is 20.3. The van der Waals surface area contributed by atoms with Gasteiger partial charge in [0.15, 0.2) is 0 Å². The van der Waals surface area contributed by atoms with Gasteiger partial charge in [-0.05, 0) is 56.5 Å². The average molecular weight is 388 g/mol. The number of halogens is 3. The number of pyridine rings is 1. The number of aromatic nitrogens is 1. The first-order chi connectivity index (χ1) is 13.3. The molecule has 1 saturated heterocycles. The van der Waals surface area contributed by atoms with Crippen molar-refractivity contribution >= 4 is 11.4 Å². The molecule has 3 rings (SSSR count). The van der Waals surface area contributed by atoms with Gasteiger partial charge < -0.3 is 9.80 Å². The van der Waals surface area contributed by atoms with E-state index >= 15 is 0 Å². The quantitative estimate of drug-likeness (QED) is 0.756. The second-order valence-electron chi connectivity index (χ2n) is 7.09. The van der Waals surface area contributed by atoms with Crippen LogP contribution in [-0.2, 0) is 6.18 Å². The number of piperidine rings is 1. The SMILES string of the molecule is CCN(c1ccc(C#N)c(C(F)(F)F)c1)[C@@H]1CCCN(c2cncc(C)c2)C1. The first-order valence-corrected chi connectivity index (χ1v) is 9.38. The fraction of sp³-hybridized carbons (Fsp3) is 0.429. The van der Waals surface area contributed by atoms with Crippen molar-refractivity contribution in [1.29, 1.82) is 5.26 Å². The molecule has 0 aliphatic carbocycles. The summed E-state index contributed by atoms with van der Waals surface area (Å²) in [6.45, 7) is 6.15. The van der Waals surface area contributed by atoms with E-state index in [1.54, 1.807) is 18.3 Å². The van der Waals surface area contributed by atoms with Gasteiger partial charge in [0.1, 0.15) is 0 Å². The summed E-state index contributed by atoms with van der Waals surface area (Å²) in [5.41, 5.74) is 1.40. The Morgan fingerprint density at radius 2 is 2.07 bits per heavy atom. The second-order valence-corrected chi connectivity index (χ2v) is 7.09. The van der Waals surface area contributed by atoms with E-state index in [0.29, 0.717) is 12.2 Å². The van der Waals surface area contributed by atoms with E-state index in [4.69, 9.17) is 5.26 Å². The van der Waals surface area contributed by atoms with Gasteiger partial charge >= 0.3 is 6.18 Å². The Morgan fingerprint density at radius 1 is 1.29 bits per heavy atom. The van der Waals surface area contributed by atoms with Crippen molar-refractivity contribution < 1.29 is 13.2 Å². The molecule has 0 amide bonds. The maximum atomic E-state index is 13.4. The number of hydrogen-bond donors (Lipinski definition) is 0. The molecule has 0 unspecified atom stereocenters. The zero-order valence-electron chi connectivity index (χ0n) is 16.0. The van der Waals surface area contributed by atoms with Crippen LogP contribution in [0.1, 0.15) is 36.5 Å². The molecular weight excluding hydrogens is 365 g/mol. The number of rotatable bonds is 4. The molecule has 4 nitrogen and oxygen atoms in total. The van der Waals surface area contributed by atoms with Gasteiger partial charge in [-0.15, -0.1) is 0 Å². The highest BCUT2D eigenvalue weighted by molar-refractivity contribution is 5.56. The van der Waals surface area contributed by atoms with Crippen molar-refractivity contribution in [2.45, 2.75) is 38.9 Å². The smallest absolute Gasteiger partial charge is 0.368 e. The first kappa shape index (κ1) is 20.0. The summed E-state index contributed by atoms with van der Waals surface area (Å²) in [6, 6.07) is 7.81. The summed E-state index contributed by atoms with van der Waals surface area (Å²) >= 11 is 0. The van der Waals surface area contributed by atoms with E-state index in [1.807, 2.05) is 24.9 Å². The molecule has 1 aliphatic rings. The number of nitriles is 1. The maximum Gasteiger partial charge on any atom is 0.417 e. The molecule has 0 N–H and O–H groups in total. The van der Waals surface area contributed by atoms with Crippen molar-refractivity contribution in [3.8, 4) is 6.07 Å². The highest BCUT2D eigenvalue weighted by Crippen LogP contribution is 2.35. The monoisotopic (exact) mass is 388 g/mol. The van der Waals surface area contributed by atoms with Crippen molar-refractivity contribution in [2.75, 3.05) is 29.4 Å².